The molecule has 2 aliphatic rings. The molecule has 44 heavy (non-hydrogen) atoms. The van der Waals surface area contributed by atoms with E-state index >= 15 is 8.78 Å². The second-order valence-corrected chi connectivity index (χ2v) is 12.7. The van der Waals surface area contributed by atoms with Gasteiger partial charge in [-0.15, -0.1) is 11.3 Å². The predicted molar refractivity (Wildman–Crippen MR) is 164 cm³/mol. The maximum Gasteiger partial charge on any atom is 0.355 e. The SMILES string of the molecule is CN(SON)c1ccc(Cc2c(-c3ccc(F)c(C(=O)N4CCCC4)c3)nn(-c3nc(C(=O)O)cs3)c2CC2CC2)cc1F. The van der Waals surface area contributed by atoms with E-state index in [0.29, 0.717) is 47.4 Å². The van der Waals surface area contributed by atoms with Gasteiger partial charge in [-0.25, -0.2) is 33.4 Å². The molecule has 4 aromatic rings. The maximum absolute atomic E-state index is 15.2. The number of likely N-dealkylation sites (tertiary alicyclic amines) is 1. The minimum atomic E-state index is -1.15. The summed E-state index contributed by atoms with van der Waals surface area (Å²) in [4.78, 5) is 30.8. The third-order valence-electron chi connectivity index (χ3n) is 7.91. The van der Waals surface area contributed by atoms with Gasteiger partial charge >= 0.3 is 5.97 Å². The fourth-order valence-corrected chi connectivity index (χ4v) is 6.61. The predicted octanol–water partition coefficient (Wildman–Crippen LogP) is 5.64. The third-order valence-corrected chi connectivity index (χ3v) is 9.23. The van der Waals surface area contributed by atoms with Crippen molar-refractivity contribution in [3.05, 3.63) is 81.5 Å². The van der Waals surface area contributed by atoms with Crippen molar-refractivity contribution in [1.29, 1.82) is 0 Å². The van der Waals surface area contributed by atoms with E-state index in [-0.39, 0.29) is 29.3 Å². The normalized spacial score (nSPS) is 14.8. The van der Waals surface area contributed by atoms with Gasteiger partial charge in [0.05, 0.1) is 22.6 Å². The van der Waals surface area contributed by atoms with Crippen LogP contribution in [0.15, 0.2) is 41.8 Å². The summed E-state index contributed by atoms with van der Waals surface area (Å²) in [5.41, 5.74) is 3.44. The van der Waals surface area contributed by atoms with Crippen molar-refractivity contribution >= 4 is 41.1 Å². The van der Waals surface area contributed by atoms with Crippen LogP contribution in [0.25, 0.3) is 16.4 Å². The fourth-order valence-electron chi connectivity index (χ4n) is 5.48. The number of carbonyl (C=O) groups excluding carboxylic acids is 1. The average Bonchev–Trinajstić information content (AvgIpc) is 3.36. The molecule has 0 spiro atoms. The highest BCUT2D eigenvalue weighted by Crippen LogP contribution is 2.39. The lowest BCUT2D eigenvalue weighted by atomic mass is 9.95. The van der Waals surface area contributed by atoms with Crippen molar-refractivity contribution in [2.45, 2.75) is 38.5 Å². The largest absolute Gasteiger partial charge is 0.476 e. The zero-order valence-electron chi connectivity index (χ0n) is 23.8. The Morgan fingerprint density at radius 1 is 1.16 bits per heavy atom. The van der Waals surface area contributed by atoms with Crippen LogP contribution in [0.1, 0.15) is 63.4 Å². The number of anilines is 1. The Balaban J connectivity index is 1.48. The van der Waals surface area contributed by atoms with E-state index in [2.05, 4.69) is 9.27 Å². The molecule has 1 amide bonds. The number of hydrogen-bond donors (Lipinski definition) is 2. The molecule has 0 unspecified atom stereocenters. The van der Waals surface area contributed by atoms with Gasteiger partial charge < -0.3 is 10.0 Å². The number of aromatic carboxylic acids is 1. The number of carboxylic acids is 1. The van der Waals surface area contributed by atoms with Crippen LogP contribution in [0.4, 0.5) is 14.5 Å². The Kier molecular flexibility index (Phi) is 8.67. The highest BCUT2D eigenvalue weighted by Gasteiger charge is 2.30. The third kappa shape index (κ3) is 6.20. The molecule has 0 radical (unpaired) electrons. The number of hydrogen-bond acceptors (Lipinski definition) is 9. The topological polar surface area (TPSA) is 127 Å². The molecule has 0 atom stereocenters. The summed E-state index contributed by atoms with van der Waals surface area (Å²) in [6.45, 7) is 1.16. The molecule has 230 valence electrons. The summed E-state index contributed by atoms with van der Waals surface area (Å²) in [5.74, 6) is 2.94. The van der Waals surface area contributed by atoms with Crippen LogP contribution in [0.3, 0.4) is 0 Å². The summed E-state index contributed by atoms with van der Waals surface area (Å²) in [6, 6.07) is 9.25. The zero-order valence-corrected chi connectivity index (χ0v) is 25.5. The number of nitrogens with two attached hydrogens (primary N) is 1. The van der Waals surface area contributed by atoms with E-state index in [1.165, 1.54) is 27.9 Å². The molecule has 1 aliphatic carbocycles. The first kappa shape index (κ1) is 30.2. The maximum atomic E-state index is 15.2. The van der Waals surface area contributed by atoms with Crippen molar-refractivity contribution < 1.29 is 27.8 Å². The molecule has 1 saturated carbocycles. The second-order valence-electron chi connectivity index (χ2n) is 11.0. The number of nitrogens with zero attached hydrogens (tertiary/aromatic N) is 5. The van der Waals surface area contributed by atoms with E-state index in [1.807, 2.05) is 0 Å². The number of benzene rings is 2. The van der Waals surface area contributed by atoms with Gasteiger partial charge in [0.15, 0.2) is 5.69 Å². The number of carbonyl (C=O) groups is 2. The fraction of sp³-hybridized carbons (Fsp3) is 0.333. The molecule has 0 bridgehead atoms. The Morgan fingerprint density at radius 2 is 1.93 bits per heavy atom. The molecule has 2 aromatic carbocycles. The van der Waals surface area contributed by atoms with E-state index in [9.17, 15) is 14.7 Å². The minimum Gasteiger partial charge on any atom is -0.476 e. The number of carboxylic acid groups (broad SMARTS) is 1. The van der Waals surface area contributed by atoms with Crippen molar-refractivity contribution in [3.63, 3.8) is 0 Å². The Labute approximate surface area is 260 Å². The van der Waals surface area contributed by atoms with Gasteiger partial charge in [-0.3, -0.25) is 9.10 Å². The van der Waals surface area contributed by atoms with E-state index in [1.54, 1.807) is 34.8 Å². The monoisotopic (exact) mass is 640 g/mol. The summed E-state index contributed by atoms with van der Waals surface area (Å²) in [5, 5.41) is 16.3. The minimum absolute atomic E-state index is 0.0332. The van der Waals surface area contributed by atoms with Crippen LogP contribution in [0.5, 0.6) is 0 Å². The molecule has 14 heteroatoms. The number of aromatic nitrogens is 3. The molecule has 10 nitrogen and oxygen atoms in total. The van der Waals surface area contributed by atoms with Gasteiger partial charge in [0.25, 0.3) is 5.91 Å². The van der Waals surface area contributed by atoms with Crippen molar-refractivity contribution in [1.82, 2.24) is 19.7 Å². The molecule has 2 aromatic heterocycles. The van der Waals surface area contributed by atoms with Crippen LogP contribution < -0.4 is 10.2 Å². The zero-order chi connectivity index (χ0) is 31.0. The van der Waals surface area contributed by atoms with E-state index in [4.69, 9.17) is 11.0 Å². The van der Waals surface area contributed by atoms with Crippen molar-refractivity contribution in [2.24, 2.45) is 11.8 Å². The molecule has 3 heterocycles. The first-order valence-corrected chi connectivity index (χ1v) is 15.8. The van der Waals surface area contributed by atoms with Gasteiger partial charge in [0.2, 0.25) is 5.13 Å². The molecule has 1 saturated heterocycles. The van der Waals surface area contributed by atoms with Gasteiger partial charge in [-0.1, -0.05) is 6.07 Å². The Bertz CT molecular complexity index is 1720. The highest BCUT2D eigenvalue weighted by atomic mass is 32.2. The lowest BCUT2D eigenvalue weighted by Gasteiger charge is -2.17. The molecule has 3 N–H and O–H groups in total. The van der Waals surface area contributed by atoms with Gasteiger partial charge in [0.1, 0.15) is 23.9 Å². The highest BCUT2D eigenvalue weighted by molar-refractivity contribution is 7.96. The molecular weight excluding hydrogens is 610 g/mol. The number of rotatable bonds is 11. The van der Waals surface area contributed by atoms with Crippen LogP contribution >= 0.6 is 23.6 Å². The first-order valence-electron chi connectivity index (χ1n) is 14.2. The number of halogens is 2. The van der Waals surface area contributed by atoms with Crippen molar-refractivity contribution in [2.75, 3.05) is 24.4 Å². The Morgan fingerprint density at radius 3 is 2.59 bits per heavy atom. The molecule has 6 rings (SSSR count). The summed E-state index contributed by atoms with van der Waals surface area (Å²) in [6.07, 6.45) is 4.77. The van der Waals surface area contributed by atoms with Crippen LogP contribution in [-0.4, -0.2) is 56.8 Å². The average molecular weight is 641 g/mol. The lowest BCUT2D eigenvalue weighted by molar-refractivity contribution is 0.0690. The second kappa shape index (κ2) is 12.6. The standard InChI is InChI=1S/C30H30F2N6O4S2/c1-36(44-42-33)25-9-6-18(13-23(25)32)12-21-26(14-17-4-5-17)38(30-34-24(16-43-30)29(40)41)35-27(21)19-7-8-22(31)20(15-19)28(39)37-10-2-3-11-37/h6-9,13,15-17H,2-5,10-12,14,33H2,1H3,(H,40,41). The first-order chi connectivity index (χ1) is 21.2. The van der Waals surface area contributed by atoms with Gasteiger partial charge in [0, 0.05) is 43.1 Å². The summed E-state index contributed by atoms with van der Waals surface area (Å²) >= 11 is 1.95. The van der Waals surface area contributed by atoms with Gasteiger partial charge in [-0.2, -0.15) is 5.10 Å². The Hall–Kier alpha value is -3.85. The summed E-state index contributed by atoms with van der Waals surface area (Å²) < 4.78 is 38.0. The van der Waals surface area contributed by atoms with Crippen molar-refractivity contribution in [3.8, 4) is 16.4 Å². The quantitative estimate of drug-likeness (QED) is 0.122. The molecule has 1 aliphatic heterocycles. The molecule has 2 fully saturated rings. The summed E-state index contributed by atoms with van der Waals surface area (Å²) in [7, 11) is 1.63. The van der Waals surface area contributed by atoms with E-state index < -0.39 is 17.6 Å². The molecular formula is C30H30F2N6O4S2. The van der Waals surface area contributed by atoms with Crippen LogP contribution in [0, 0.1) is 17.6 Å². The van der Waals surface area contributed by atoms with Crippen LogP contribution in [0.2, 0.25) is 0 Å². The number of thiazole rings is 1. The smallest absolute Gasteiger partial charge is 0.355 e. The van der Waals surface area contributed by atoms with Crippen LogP contribution in [-0.2, 0) is 17.1 Å². The lowest BCUT2D eigenvalue weighted by Crippen LogP contribution is -2.28. The van der Waals surface area contributed by atoms with Gasteiger partial charge in [-0.05, 0) is 73.9 Å². The number of amides is 1. The van der Waals surface area contributed by atoms with E-state index in [0.717, 1.165) is 60.5 Å².